The molecule has 0 aromatic rings. The Labute approximate surface area is 474 Å². The van der Waals surface area contributed by atoms with Crippen molar-refractivity contribution in [2.75, 3.05) is 13.2 Å². The predicted molar refractivity (Wildman–Crippen MR) is 327 cm³/mol. The van der Waals surface area contributed by atoms with Gasteiger partial charge < -0.3 is 40.3 Å². The number of nitrogens with one attached hydrogen (secondary N) is 1. The first-order chi connectivity index (χ1) is 37.8. The molecule has 1 fully saturated rings. The molecule has 1 amide bonds. The van der Waals surface area contributed by atoms with E-state index in [-0.39, 0.29) is 12.5 Å². The van der Waals surface area contributed by atoms with Crippen LogP contribution >= 0.6 is 0 Å². The third-order valence-electron chi connectivity index (χ3n) is 15.3. The Hall–Kier alpha value is -2.37. The Balaban J connectivity index is 2.16. The van der Waals surface area contributed by atoms with E-state index >= 15 is 0 Å². The number of aliphatic hydroxyl groups is 5. The summed E-state index contributed by atoms with van der Waals surface area (Å²) in [5.74, 6) is -0.175. The number of aliphatic hydroxyl groups excluding tert-OH is 5. The molecule has 0 aromatic heterocycles. The molecule has 0 radical (unpaired) electrons. The zero-order valence-corrected chi connectivity index (χ0v) is 50.0. The van der Waals surface area contributed by atoms with Crippen LogP contribution in [0, 0.1) is 0 Å². The monoisotopic (exact) mass is 1080 g/mol. The summed E-state index contributed by atoms with van der Waals surface area (Å²) < 4.78 is 11.3. The number of ether oxygens (including phenoxy) is 2. The van der Waals surface area contributed by atoms with Crippen molar-refractivity contribution in [2.24, 2.45) is 0 Å². The van der Waals surface area contributed by atoms with Crippen molar-refractivity contribution in [3.05, 3.63) is 72.9 Å². The fourth-order valence-corrected chi connectivity index (χ4v) is 10.2. The molecule has 9 heteroatoms. The topological polar surface area (TPSA) is 149 Å². The number of amides is 1. The molecule has 6 N–H and O–H groups in total. The molecule has 77 heavy (non-hydrogen) atoms. The summed E-state index contributed by atoms with van der Waals surface area (Å²) in [6, 6.07) is -0.809. The Morgan fingerprint density at radius 1 is 0.455 bits per heavy atom. The molecule has 0 spiro atoms. The average Bonchev–Trinajstić information content (AvgIpc) is 3.43. The summed E-state index contributed by atoms with van der Waals surface area (Å²) in [5, 5.41) is 54.7. The quantitative estimate of drug-likeness (QED) is 0.0261. The molecule has 7 atom stereocenters. The van der Waals surface area contributed by atoms with Crippen LogP contribution in [-0.2, 0) is 14.3 Å². The van der Waals surface area contributed by atoms with Gasteiger partial charge in [0, 0.05) is 6.42 Å². The van der Waals surface area contributed by atoms with Crippen molar-refractivity contribution in [2.45, 2.75) is 339 Å². The first-order valence-corrected chi connectivity index (χ1v) is 32.7. The van der Waals surface area contributed by atoms with E-state index in [1.54, 1.807) is 6.08 Å². The lowest BCUT2D eigenvalue weighted by atomic mass is 9.99. The van der Waals surface area contributed by atoms with Crippen molar-refractivity contribution >= 4 is 5.91 Å². The van der Waals surface area contributed by atoms with Gasteiger partial charge in [0.15, 0.2) is 6.29 Å². The van der Waals surface area contributed by atoms with Gasteiger partial charge in [0.1, 0.15) is 24.4 Å². The second kappa shape index (κ2) is 56.9. The maximum absolute atomic E-state index is 13.1. The minimum atomic E-state index is -1.57. The highest BCUT2D eigenvalue weighted by atomic mass is 16.7. The molecule has 1 aliphatic rings. The first kappa shape index (κ1) is 72.6. The molecule has 1 aliphatic heterocycles. The van der Waals surface area contributed by atoms with E-state index in [1.165, 1.54) is 205 Å². The fraction of sp³-hybridized carbons (Fsp3) is 0.809. The van der Waals surface area contributed by atoms with Crippen LogP contribution in [0.2, 0.25) is 0 Å². The van der Waals surface area contributed by atoms with Crippen molar-refractivity contribution in [1.82, 2.24) is 5.32 Å². The third kappa shape index (κ3) is 46.0. The number of carbonyl (C=O) groups is 1. The van der Waals surface area contributed by atoms with E-state index in [4.69, 9.17) is 9.47 Å². The van der Waals surface area contributed by atoms with Gasteiger partial charge in [-0.2, -0.15) is 0 Å². The Kier molecular flexibility index (Phi) is 53.7. The SMILES string of the molecule is CC/C=C\C/C=C\C/C=C\C/C=C\C/C=C\CCCCCCCCCCCCCCCCCC(=O)NC(COC1OC(CO)C(O)C(O)C1O)C(O)/C=C/CCCCCCCCCCCCCCCCCCCCCCC. The molecule has 0 aliphatic carbocycles. The highest BCUT2D eigenvalue weighted by Gasteiger charge is 2.44. The molecule has 448 valence electrons. The zero-order valence-electron chi connectivity index (χ0n) is 50.0. The number of hydrogen-bond donors (Lipinski definition) is 6. The van der Waals surface area contributed by atoms with E-state index in [2.05, 4.69) is 79.9 Å². The van der Waals surface area contributed by atoms with Crippen molar-refractivity contribution in [1.29, 1.82) is 0 Å². The third-order valence-corrected chi connectivity index (χ3v) is 15.3. The summed E-state index contributed by atoms with van der Waals surface area (Å²) in [5.41, 5.74) is 0. The number of carbonyl (C=O) groups excluding carboxylic acids is 1. The Morgan fingerprint density at radius 2 is 0.805 bits per heavy atom. The summed E-state index contributed by atoms with van der Waals surface area (Å²) in [4.78, 5) is 13.1. The molecule has 1 saturated heterocycles. The maximum Gasteiger partial charge on any atom is 0.220 e. The molecule has 0 aromatic carbocycles. The molecule has 1 rings (SSSR count). The van der Waals surface area contributed by atoms with Crippen molar-refractivity contribution in [3.8, 4) is 0 Å². The van der Waals surface area contributed by atoms with Crippen LogP contribution in [0.3, 0.4) is 0 Å². The summed E-state index contributed by atoms with van der Waals surface area (Å²) in [6.07, 6.45) is 72.7. The molecular formula is C68H123NO8. The Morgan fingerprint density at radius 3 is 1.19 bits per heavy atom. The normalized spacial score (nSPS) is 19.2. The van der Waals surface area contributed by atoms with Crippen LogP contribution in [-0.4, -0.2) is 87.5 Å². The molecule has 7 unspecified atom stereocenters. The highest BCUT2D eigenvalue weighted by Crippen LogP contribution is 2.23. The maximum atomic E-state index is 13.1. The lowest BCUT2D eigenvalue weighted by molar-refractivity contribution is -0.302. The van der Waals surface area contributed by atoms with Crippen molar-refractivity contribution in [3.63, 3.8) is 0 Å². The summed E-state index contributed by atoms with van der Waals surface area (Å²) in [6.45, 7) is 3.70. The largest absolute Gasteiger partial charge is 0.394 e. The van der Waals surface area contributed by atoms with Gasteiger partial charge in [-0.1, -0.05) is 299 Å². The number of allylic oxidation sites excluding steroid dienone is 11. The second-order valence-corrected chi connectivity index (χ2v) is 22.5. The van der Waals surface area contributed by atoms with Crippen LogP contribution in [0.5, 0.6) is 0 Å². The molecular weight excluding hydrogens is 959 g/mol. The molecule has 0 bridgehead atoms. The fourth-order valence-electron chi connectivity index (χ4n) is 10.2. The molecule has 0 saturated carbocycles. The second-order valence-electron chi connectivity index (χ2n) is 22.5. The average molecular weight is 1080 g/mol. The van der Waals surface area contributed by atoms with E-state index in [0.717, 1.165) is 70.6 Å². The van der Waals surface area contributed by atoms with E-state index in [0.29, 0.717) is 6.42 Å². The minimum Gasteiger partial charge on any atom is -0.394 e. The van der Waals surface area contributed by atoms with Crippen LogP contribution < -0.4 is 5.32 Å². The van der Waals surface area contributed by atoms with Crippen LogP contribution in [0.25, 0.3) is 0 Å². The summed E-state index contributed by atoms with van der Waals surface area (Å²) >= 11 is 0. The lowest BCUT2D eigenvalue weighted by Crippen LogP contribution is -2.60. The van der Waals surface area contributed by atoms with Gasteiger partial charge in [-0.05, 0) is 64.2 Å². The summed E-state index contributed by atoms with van der Waals surface area (Å²) in [7, 11) is 0. The first-order valence-electron chi connectivity index (χ1n) is 32.7. The molecule has 1 heterocycles. The van der Waals surface area contributed by atoms with Gasteiger partial charge in [0.05, 0.1) is 25.4 Å². The number of unbranched alkanes of at least 4 members (excludes halogenated alkanes) is 36. The predicted octanol–water partition coefficient (Wildman–Crippen LogP) is 17.2. The number of hydrogen-bond acceptors (Lipinski definition) is 8. The van der Waals surface area contributed by atoms with Gasteiger partial charge in [0.2, 0.25) is 5.91 Å². The molecule has 9 nitrogen and oxygen atoms in total. The van der Waals surface area contributed by atoms with Gasteiger partial charge in [0.25, 0.3) is 0 Å². The Bertz CT molecular complexity index is 1440. The standard InChI is InChI=1S/C68H123NO8/c1-3-5-7-9-11-13-15-17-19-21-23-25-27-28-29-30-31-32-33-34-36-38-40-42-44-46-48-50-52-54-56-58-64(72)69-61(60-76-68-67(75)66(74)65(73)63(59-70)77-68)62(71)57-55-53-51-49-47-45-43-41-39-37-35-26-24-22-20-18-16-14-12-10-8-6-4-2/h5,7,11,13,17,19,23,25,28-29,55,57,61-63,65-68,70-71,73-75H,3-4,6,8-10,12,14-16,18,20-22,24,26-27,30-54,56,58-60H2,1-2H3,(H,69,72)/b7-5-,13-11-,19-17-,25-23-,29-28-,57-55+. The van der Waals surface area contributed by atoms with Gasteiger partial charge >= 0.3 is 0 Å². The van der Waals surface area contributed by atoms with E-state index < -0.39 is 49.5 Å². The lowest BCUT2D eigenvalue weighted by Gasteiger charge is -2.40. The smallest absolute Gasteiger partial charge is 0.220 e. The van der Waals surface area contributed by atoms with Gasteiger partial charge in [-0.25, -0.2) is 0 Å². The van der Waals surface area contributed by atoms with Crippen molar-refractivity contribution < 1.29 is 39.8 Å². The number of rotatable bonds is 56. The zero-order chi connectivity index (χ0) is 55.8. The van der Waals surface area contributed by atoms with Gasteiger partial charge in [-0.15, -0.1) is 0 Å². The highest BCUT2D eigenvalue weighted by molar-refractivity contribution is 5.76. The van der Waals surface area contributed by atoms with Crippen LogP contribution in [0.1, 0.15) is 296 Å². The van der Waals surface area contributed by atoms with E-state index in [1.807, 2.05) is 6.08 Å². The van der Waals surface area contributed by atoms with Gasteiger partial charge in [-0.3, -0.25) is 4.79 Å². The minimum absolute atomic E-state index is 0.175. The van der Waals surface area contributed by atoms with E-state index in [9.17, 15) is 30.3 Å². The van der Waals surface area contributed by atoms with Crippen LogP contribution in [0.15, 0.2) is 72.9 Å². The van der Waals surface area contributed by atoms with Crippen LogP contribution in [0.4, 0.5) is 0 Å².